The van der Waals surface area contributed by atoms with Crippen LogP contribution in [0.4, 0.5) is 0 Å². The topological polar surface area (TPSA) is 92.4 Å². The number of aliphatic carboxylic acids is 1. The minimum absolute atomic E-state index is 0.248. The second kappa shape index (κ2) is 11.0. The molecule has 6 nitrogen and oxygen atoms in total. The van der Waals surface area contributed by atoms with Gasteiger partial charge in [0.2, 0.25) is 0 Å². The van der Waals surface area contributed by atoms with Crippen LogP contribution < -0.4 is 0 Å². The van der Waals surface area contributed by atoms with E-state index in [1.165, 1.54) is 0 Å². The van der Waals surface area contributed by atoms with Crippen molar-refractivity contribution in [2.24, 2.45) is 5.92 Å². The molecule has 7 heteroatoms. The van der Waals surface area contributed by atoms with Crippen LogP contribution in [0.3, 0.4) is 0 Å². The SMILES string of the molecule is CCCCc1nc(CC(Cc2ccc(Cl)cc2)C(=O)O)cn1Cc1ccc(C(=O)O)cc1. The molecule has 1 aromatic heterocycles. The highest BCUT2D eigenvalue weighted by molar-refractivity contribution is 6.30. The van der Waals surface area contributed by atoms with Gasteiger partial charge in [0, 0.05) is 30.6 Å². The molecule has 1 atom stereocenters. The number of carboxylic acid groups (broad SMARTS) is 2. The number of hydrogen-bond donors (Lipinski definition) is 2. The molecule has 0 fully saturated rings. The van der Waals surface area contributed by atoms with E-state index in [1.54, 1.807) is 36.4 Å². The van der Waals surface area contributed by atoms with Gasteiger partial charge in [-0.25, -0.2) is 9.78 Å². The molecule has 0 aliphatic carbocycles. The zero-order chi connectivity index (χ0) is 23.1. The molecule has 0 spiro atoms. The molecule has 3 rings (SSSR count). The highest BCUT2D eigenvalue weighted by atomic mass is 35.5. The molecular formula is C25H27ClN2O4. The van der Waals surface area contributed by atoms with E-state index in [4.69, 9.17) is 21.7 Å². The summed E-state index contributed by atoms with van der Waals surface area (Å²) in [6, 6.07) is 14.0. The number of nitrogens with zero attached hydrogens (tertiary/aromatic N) is 2. The molecule has 0 radical (unpaired) electrons. The summed E-state index contributed by atoms with van der Waals surface area (Å²) in [5, 5.41) is 19.5. The largest absolute Gasteiger partial charge is 0.481 e. The summed E-state index contributed by atoms with van der Waals surface area (Å²) in [6.45, 7) is 2.67. The summed E-state index contributed by atoms with van der Waals surface area (Å²) in [5.74, 6) is -1.48. The third kappa shape index (κ3) is 6.44. The third-order valence-corrected chi connectivity index (χ3v) is 5.67. The maximum absolute atomic E-state index is 11.9. The van der Waals surface area contributed by atoms with E-state index in [9.17, 15) is 14.7 Å². The summed E-state index contributed by atoms with van der Waals surface area (Å²) < 4.78 is 2.04. The second-order valence-electron chi connectivity index (χ2n) is 7.95. The Bertz CT molecular complexity index is 1060. The summed E-state index contributed by atoms with van der Waals surface area (Å²) in [5.41, 5.74) is 2.89. The van der Waals surface area contributed by atoms with E-state index >= 15 is 0 Å². The van der Waals surface area contributed by atoms with Crippen molar-refractivity contribution in [3.05, 3.63) is 88.0 Å². The van der Waals surface area contributed by atoms with Crippen molar-refractivity contribution in [3.8, 4) is 0 Å². The van der Waals surface area contributed by atoms with Gasteiger partial charge in [-0.2, -0.15) is 0 Å². The zero-order valence-electron chi connectivity index (χ0n) is 18.0. The lowest BCUT2D eigenvalue weighted by Gasteiger charge is -2.11. The van der Waals surface area contributed by atoms with Crippen molar-refractivity contribution in [1.82, 2.24) is 9.55 Å². The van der Waals surface area contributed by atoms with Gasteiger partial charge in [-0.3, -0.25) is 4.79 Å². The molecule has 0 amide bonds. The van der Waals surface area contributed by atoms with Crippen LogP contribution in [0.1, 0.15) is 52.8 Å². The molecule has 32 heavy (non-hydrogen) atoms. The smallest absolute Gasteiger partial charge is 0.335 e. The summed E-state index contributed by atoms with van der Waals surface area (Å²) in [4.78, 5) is 27.7. The Hall–Kier alpha value is -3.12. The van der Waals surface area contributed by atoms with Gasteiger partial charge in [0.05, 0.1) is 17.2 Å². The van der Waals surface area contributed by atoms with Gasteiger partial charge in [0.15, 0.2) is 0 Å². The molecule has 0 aliphatic heterocycles. The molecule has 0 saturated carbocycles. The Balaban J connectivity index is 1.79. The Kier molecular flexibility index (Phi) is 8.06. The normalized spacial score (nSPS) is 11.9. The lowest BCUT2D eigenvalue weighted by Crippen LogP contribution is -2.19. The summed E-state index contributed by atoms with van der Waals surface area (Å²) in [7, 11) is 0. The summed E-state index contributed by atoms with van der Waals surface area (Å²) >= 11 is 5.93. The zero-order valence-corrected chi connectivity index (χ0v) is 18.8. The number of aromatic carboxylic acids is 1. The monoisotopic (exact) mass is 454 g/mol. The average molecular weight is 455 g/mol. The highest BCUT2D eigenvalue weighted by Crippen LogP contribution is 2.19. The van der Waals surface area contributed by atoms with Crippen molar-refractivity contribution in [2.75, 3.05) is 0 Å². The maximum Gasteiger partial charge on any atom is 0.335 e. The lowest BCUT2D eigenvalue weighted by atomic mass is 9.95. The van der Waals surface area contributed by atoms with Crippen LogP contribution in [0.25, 0.3) is 0 Å². The Morgan fingerprint density at radius 1 is 1.00 bits per heavy atom. The number of imidazole rings is 1. The quantitative estimate of drug-likeness (QED) is 0.420. The van der Waals surface area contributed by atoms with E-state index in [0.29, 0.717) is 24.4 Å². The number of aryl methyl sites for hydroxylation is 1. The Morgan fingerprint density at radius 3 is 2.25 bits per heavy atom. The van der Waals surface area contributed by atoms with Gasteiger partial charge in [0.1, 0.15) is 5.82 Å². The number of carboxylic acids is 2. The van der Waals surface area contributed by atoms with Gasteiger partial charge >= 0.3 is 11.9 Å². The fourth-order valence-corrected chi connectivity index (χ4v) is 3.76. The fourth-order valence-electron chi connectivity index (χ4n) is 3.64. The van der Waals surface area contributed by atoms with E-state index in [0.717, 1.165) is 41.9 Å². The number of hydrogen-bond acceptors (Lipinski definition) is 3. The van der Waals surface area contributed by atoms with Crippen LogP contribution in [0.15, 0.2) is 54.7 Å². The molecule has 0 saturated heterocycles. The highest BCUT2D eigenvalue weighted by Gasteiger charge is 2.21. The maximum atomic E-state index is 11.9. The van der Waals surface area contributed by atoms with Crippen LogP contribution in [0.2, 0.25) is 5.02 Å². The predicted octanol–water partition coefficient (Wildman–Crippen LogP) is 5.11. The molecule has 1 heterocycles. The number of aromatic nitrogens is 2. The lowest BCUT2D eigenvalue weighted by molar-refractivity contribution is -0.141. The van der Waals surface area contributed by atoms with Crippen molar-refractivity contribution >= 4 is 23.5 Å². The minimum atomic E-state index is -0.953. The van der Waals surface area contributed by atoms with Crippen LogP contribution in [-0.4, -0.2) is 31.7 Å². The predicted molar refractivity (Wildman–Crippen MR) is 123 cm³/mol. The van der Waals surface area contributed by atoms with Crippen molar-refractivity contribution in [1.29, 1.82) is 0 Å². The van der Waals surface area contributed by atoms with Gasteiger partial charge in [-0.05, 0) is 48.2 Å². The van der Waals surface area contributed by atoms with Crippen LogP contribution >= 0.6 is 11.6 Å². The van der Waals surface area contributed by atoms with Gasteiger partial charge in [0.25, 0.3) is 0 Å². The van der Waals surface area contributed by atoms with E-state index in [1.807, 2.05) is 22.9 Å². The first kappa shape index (κ1) is 23.5. The number of rotatable bonds is 11. The van der Waals surface area contributed by atoms with Gasteiger partial charge in [-0.1, -0.05) is 49.2 Å². The molecule has 0 bridgehead atoms. The second-order valence-corrected chi connectivity index (χ2v) is 8.39. The van der Waals surface area contributed by atoms with Crippen LogP contribution in [0.5, 0.6) is 0 Å². The fraction of sp³-hybridized carbons (Fsp3) is 0.320. The minimum Gasteiger partial charge on any atom is -0.481 e. The number of benzene rings is 2. The van der Waals surface area contributed by atoms with Crippen LogP contribution in [0, 0.1) is 5.92 Å². The number of carbonyl (C=O) groups is 2. The van der Waals surface area contributed by atoms with Crippen molar-refractivity contribution in [3.63, 3.8) is 0 Å². The standard InChI is InChI=1S/C25H27ClN2O4/c1-2-3-4-23-27-22(14-20(25(31)32)13-17-7-11-21(26)12-8-17)16-28(23)15-18-5-9-19(10-6-18)24(29)30/h5-12,16,20H,2-4,13-15H2,1H3,(H,29,30)(H,31,32). The molecule has 1 unspecified atom stereocenters. The molecule has 3 aromatic rings. The molecular weight excluding hydrogens is 428 g/mol. The molecule has 0 aliphatic rings. The first-order valence-corrected chi connectivity index (χ1v) is 11.1. The number of halogens is 1. The number of unbranched alkanes of at least 4 members (excludes halogenated alkanes) is 1. The van der Waals surface area contributed by atoms with Gasteiger partial charge < -0.3 is 14.8 Å². The first-order chi connectivity index (χ1) is 15.4. The van der Waals surface area contributed by atoms with Crippen molar-refractivity contribution < 1.29 is 19.8 Å². The summed E-state index contributed by atoms with van der Waals surface area (Å²) in [6.07, 6.45) is 5.49. The molecule has 168 valence electrons. The first-order valence-electron chi connectivity index (χ1n) is 10.7. The average Bonchev–Trinajstić information content (AvgIpc) is 3.14. The van der Waals surface area contributed by atoms with Crippen LogP contribution in [-0.2, 0) is 30.6 Å². The Labute approximate surface area is 192 Å². The van der Waals surface area contributed by atoms with Gasteiger partial charge in [-0.15, -0.1) is 0 Å². The van der Waals surface area contributed by atoms with E-state index in [-0.39, 0.29) is 5.56 Å². The third-order valence-electron chi connectivity index (χ3n) is 5.42. The van der Waals surface area contributed by atoms with E-state index in [2.05, 4.69) is 6.92 Å². The Morgan fingerprint density at radius 2 is 1.66 bits per heavy atom. The molecule has 2 N–H and O–H groups in total. The van der Waals surface area contributed by atoms with E-state index < -0.39 is 17.9 Å². The molecule has 2 aromatic carbocycles. The van der Waals surface area contributed by atoms with Crippen molar-refractivity contribution in [2.45, 2.75) is 45.6 Å².